The molecule has 2 rings (SSSR count). The van der Waals surface area contributed by atoms with Crippen molar-refractivity contribution in [2.45, 2.75) is 45.6 Å². The molecule has 0 amide bonds. The zero-order valence-corrected chi connectivity index (χ0v) is 11.0. The maximum absolute atomic E-state index is 14.0. The second-order valence-electron chi connectivity index (χ2n) is 5.65. The second-order valence-corrected chi connectivity index (χ2v) is 5.65. The summed E-state index contributed by atoms with van der Waals surface area (Å²) in [7, 11) is 0. The molecular weight excluding hydrogens is 232 g/mol. The molecule has 3 atom stereocenters. The summed E-state index contributed by atoms with van der Waals surface area (Å²) in [5.74, 6) is -0.185. The van der Waals surface area contributed by atoms with Crippen LogP contribution in [0.4, 0.5) is 8.78 Å². The highest BCUT2D eigenvalue weighted by molar-refractivity contribution is 5.29. The van der Waals surface area contributed by atoms with Crippen molar-refractivity contribution in [3.8, 4) is 0 Å². The van der Waals surface area contributed by atoms with Crippen LogP contribution in [-0.4, -0.2) is 0 Å². The van der Waals surface area contributed by atoms with E-state index in [0.29, 0.717) is 11.5 Å². The van der Waals surface area contributed by atoms with Gasteiger partial charge in [0.2, 0.25) is 0 Å². The van der Waals surface area contributed by atoms with Crippen molar-refractivity contribution < 1.29 is 8.78 Å². The molecule has 0 aromatic heterocycles. The zero-order chi connectivity index (χ0) is 13.3. The van der Waals surface area contributed by atoms with Gasteiger partial charge in [-0.1, -0.05) is 25.8 Å². The molecule has 1 aromatic rings. The van der Waals surface area contributed by atoms with Crippen molar-refractivity contribution in [2.75, 3.05) is 0 Å². The molecule has 3 heteroatoms. The van der Waals surface area contributed by atoms with Crippen LogP contribution < -0.4 is 5.73 Å². The molecule has 0 heterocycles. The van der Waals surface area contributed by atoms with Gasteiger partial charge >= 0.3 is 0 Å². The first-order chi connectivity index (χ1) is 8.50. The Morgan fingerprint density at radius 3 is 2.67 bits per heavy atom. The van der Waals surface area contributed by atoms with Crippen molar-refractivity contribution >= 4 is 0 Å². The Labute approximate surface area is 107 Å². The number of halogens is 2. The van der Waals surface area contributed by atoms with E-state index < -0.39 is 17.7 Å². The van der Waals surface area contributed by atoms with Gasteiger partial charge in [-0.3, -0.25) is 0 Å². The van der Waals surface area contributed by atoms with Crippen LogP contribution in [0.25, 0.3) is 0 Å². The highest BCUT2D eigenvalue weighted by Crippen LogP contribution is 2.37. The lowest BCUT2D eigenvalue weighted by atomic mass is 9.76. The third-order valence-corrected chi connectivity index (χ3v) is 4.14. The van der Waals surface area contributed by atoms with E-state index >= 15 is 0 Å². The van der Waals surface area contributed by atoms with E-state index in [9.17, 15) is 8.78 Å². The SMILES string of the molecule is Cc1ccc(F)c(C(N)C2CCCC(C)C2)c1F. The van der Waals surface area contributed by atoms with Crippen LogP contribution in [0.15, 0.2) is 12.1 Å². The summed E-state index contributed by atoms with van der Waals surface area (Å²) in [5.41, 5.74) is 6.66. The molecule has 0 aliphatic heterocycles. The first-order valence-corrected chi connectivity index (χ1v) is 6.70. The summed E-state index contributed by atoms with van der Waals surface area (Å²) in [6.07, 6.45) is 4.24. The number of benzene rings is 1. The van der Waals surface area contributed by atoms with Gasteiger partial charge in [0.15, 0.2) is 0 Å². The number of aryl methyl sites for hydroxylation is 1. The average molecular weight is 253 g/mol. The minimum absolute atomic E-state index is 0.0779. The maximum atomic E-state index is 14.0. The van der Waals surface area contributed by atoms with Gasteiger partial charge in [0.05, 0.1) is 0 Å². The molecule has 3 unspecified atom stereocenters. The Hall–Kier alpha value is -0.960. The van der Waals surface area contributed by atoms with E-state index in [1.807, 2.05) is 0 Å². The van der Waals surface area contributed by atoms with Crippen molar-refractivity contribution in [2.24, 2.45) is 17.6 Å². The quantitative estimate of drug-likeness (QED) is 0.843. The third kappa shape index (κ3) is 2.56. The number of nitrogens with two attached hydrogens (primary N) is 1. The highest BCUT2D eigenvalue weighted by atomic mass is 19.1. The van der Waals surface area contributed by atoms with E-state index in [4.69, 9.17) is 5.73 Å². The van der Waals surface area contributed by atoms with E-state index in [0.717, 1.165) is 19.3 Å². The van der Waals surface area contributed by atoms with Gasteiger partial charge in [-0.05, 0) is 43.2 Å². The van der Waals surface area contributed by atoms with Gasteiger partial charge in [0.1, 0.15) is 11.6 Å². The predicted octanol–water partition coefficient (Wildman–Crippen LogP) is 4.10. The Morgan fingerprint density at radius 1 is 1.28 bits per heavy atom. The predicted molar refractivity (Wildman–Crippen MR) is 69.1 cm³/mol. The number of rotatable bonds is 2. The van der Waals surface area contributed by atoms with Crippen LogP contribution in [0.1, 0.15) is 49.8 Å². The molecule has 1 aliphatic rings. The normalized spacial score (nSPS) is 26.1. The number of hydrogen-bond acceptors (Lipinski definition) is 1. The average Bonchev–Trinajstić information content (AvgIpc) is 2.34. The summed E-state index contributed by atoms with van der Waals surface area (Å²) in [6.45, 7) is 3.83. The molecule has 2 N–H and O–H groups in total. The molecule has 18 heavy (non-hydrogen) atoms. The third-order valence-electron chi connectivity index (χ3n) is 4.14. The lowest BCUT2D eigenvalue weighted by Gasteiger charge is -2.31. The molecular formula is C15H21F2N. The van der Waals surface area contributed by atoms with E-state index in [2.05, 4.69) is 6.92 Å². The fraction of sp³-hybridized carbons (Fsp3) is 0.600. The first kappa shape index (κ1) is 13.5. The Kier molecular flexibility index (Phi) is 4.00. The fourth-order valence-electron chi connectivity index (χ4n) is 3.03. The molecule has 0 bridgehead atoms. The first-order valence-electron chi connectivity index (χ1n) is 6.70. The topological polar surface area (TPSA) is 26.0 Å². The maximum Gasteiger partial charge on any atom is 0.133 e. The molecule has 0 radical (unpaired) electrons. The molecule has 0 spiro atoms. The summed E-state index contributed by atoms with van der Waals surface area (Å²) in [6, 6.07) is 2.26. The zero-order valence-electron chi connectivity index (χ0n) is 11.0. The molecule has 1 nitrogen and oxygen atoms in total. The lowest BCUT2D eigenvalue weighted by Crippen LogP contribution is -2.28. The lowest BCUT2D eigenvalue weighted by molar-refractivity contribution is 0.242. The van der Waals surface area contributed by atoms with Crippen molar-refractivity contribution in [1.82, 2.24) is 0 Å². The second kappa shape index (κ2) is 5.35. The van der Waals surface area contributed by atoms with Gasteiger partial charge in [0, 0.05) is 11.6 Å². The van der Waals surface area contributed by atoms with Gasteiger partial charge in [-0.15, -0.1) is 0 Å². The smallest absolute Gasteiger partial charge is 0.133 e. The van der Waals surface area contributed by atoms with Gasteiger partial charge in [0.25, 0.3) is 0 Å². The summed E-state index contributed by atoms with van der Waals surface area (Å²) >= 11 is 0. The van der Waals surface area contributed by atoms with Crippen molar-refractivity contribution in [3.05, 3.63) is 34.9 Å². The molecule has 0 saturated heterocycles. The largest absolute Gasteiger partial charge is 0.324 e. The fourth-order valence-corrected chi connectivity index (χ4v) is 3.03. The minimum Gasteiger partial charge on any atom is -0.324 e. The molecule has 1 aromatic carbocycles. The Balaban J connectivity index is 2.28. The number of hydrogen-bond donors (Lipinski definition) is 1. The van der Waals surface area contributed by atoms with Crippen LogP contribution >= 0.6 is 0 Å². The van der Waals surface area contributed by atoms with Crippen LogP contribution in [0, 0.1) is 30.4 Å². The minimum atomic E-state index is -0.521. The van der Waals surface area contributed by atoms with Crippen LogP contribution in [0.3, 0.4) is 0 Å². The van der Waals surface area contributed by atoms with E-state index in [1.54, 1.807) is 6.92 Å². The molecule has 1 saturated carbocycles. The molecule has 1 fully saturated rings. The van der Waals surface area contributed by atoms with Gasteiger partial charge in [-0.2, -0.15) is 0 Å². The highest BCUT2D eigenvalue weighted by Gasteiger charge is 2.29. The summed E-state index contributed by atoms with van der Waals surface area (Å²) in [5, 5.41) is 0. The van der Waals surface area contributed by atoms with Crippen LogP contribution in [0.2, 0.25) is 0 Å². The summed E-state index contributed by atoms with van der Waals surface area (Å²) in [4.78, 5) is 0. The Bertz CT molecular complexity index is 431. The summed E-state index contributed by atoms with van der Waals surface area (Å²) < 4.78 is 27.9. The monoisotopic (exact) mass is 253 g/mol. The van der Waals surface area contributed by atoms with E-state index in [1.165, 1.54) is 18.6 Å². The molecule has 1 aliphatic carbocycles. The molecule has 100 valence electrons. The Morgan fingerprint density at radius 2 is 2.00 bits per heavy atom. The van der Waals surface area contributed by atoms with Gasteiger partial charge in [-0.25, -0.2) is 8.78 Å². The van der Waals surface area contributed by atoms with Crippen molar-refractivity contribution in [1.29, 1.82) is 0 Å². The van der Waals surface area contributed by atoms with Gasteiger partial charge < -0.3 is 5.73 Å². The van der Waals surface area contributed by atoms with Crippen LogP contribution in [-0.2, 0) is 0 Å². The standard InChI is InChI=1S/C15H21F2N/c1-9-4-3-5-11(8-9)15(18)13-12(16)7-6-10(2)14(13)17/h6-7,9,11,15H,3-5,8,18H2,1-2H3. The van der Waals surface area contributed by atoms with E-state index in [-0.39, 0.29) is 11.5 Å². The van der Waals surface area contributed by atoms with Crippen LogP contribution in [0.5, 0.6) is 0 Å². The van der Waals surface area contributed by atoms with Crippen molar-refractivity contribution in [3.63, 3.8) is 0 Å².